The van der Waals surface area contributed by atoms with Gasteiger partial charge in [-0.25, -0.2) is 13.8 Å². The Morgan fingerprint density at radius 2 is 2.00 bits per heavy atom. The predicted octanol–water partition coefficient (Wildman–Crippen LogP) is 2.87. The highest BCUT2D eigenvalue weighted by Crippen LogP contribution is 2.24. The SMILES string of the molecule is Cc1ccc(Nc2nc3n[nH]c(N)c3cc2F)cc1F. The van der Waals surface area contributed by atoms with E-state index in [9.17, 15) is 8.78 Å². The zero-order valence-electron chi connectivity index (χ0n) is 10.5. The molecule has 0 atom stereocenters. The Morgan fingerprint density at radius 3 is 2.75 bits per heavy atom. The molecular weight excluding hydrogens is 264 g/mol. The van der Waals surface area contributed by atoms with Gasteiger partial charge in [-0.05, 0) is 30.7 Å². The molecule has 0 spiro atoms. The molecule has 1 aromatic carbocycles. The molecule has 0 saturated heterocycles. The Bertz CT molecular complexity index is 797. The minimum atomic E-state index is -0.591. The number of H-pyrrole nitrogens is 1. The Balaban J connectivity index is 2.01. The van der Waals surface area contributed by atoms with Crippen LogP contribution < -0.4 is 11.1 Å². The molecule has 0 unspecified atom stereocenters. The van der Waals surface area contributed by atoms with Gasteiger partial charge in [0.25, 0.3) is 0 Å². The van der Waals surface area contributed by atoms with E-state index in [0.29, 0.717) is 22.3 Å². The lowest BCUT2D eigenvalue weighted by molar-refractivity contribution is 0.618. The van der Waals surface area contributed by atoms with Crippen LogP contribution in [0, 0.1) is 18.6 Å². The van der Waals surface area contributed by atoms with E-state index in [1.54, 1.807) is 19.1 Å². The van der Waals surface area contributed by atoms with Gasteiger partial charge in [-0.3, -0.25) is 5.10 Å². The standard InChI is InChI=1S/C13H11F2N5/c1-6-2-3-7(4-9(6)14)17-13-10(15)5-8-11(16)19-20-12(8)18-13/h2-5H,1H3,(H4,16,17,18,19,20). The Labute approximate surface area is 112 Å². The number of nitrogens with two attached hydrogens (primary N) is 1. The van der Waals surface area contributed by atoms with E-state index >= 15 is 0 Å². The second kappa shape index (κ2) is 4.44. The maximum absolute atomic E-state index is 13.9. The average Bonchev–Trinajstić information content (AvgIpc) is 2.76. The summed E-state index contributed by atoms with van der Waals surface area (Å²) in [4.78, 5) is 4.01. The molecule has 2 heterocycles. The average molecular weight is 275 g/mol. The van der Waals surface area contributed by atoms with Crippen LogP contribution >= 0.6 is 0 Å². The van der Waals surface area contributed by atoms with E-state index in [1.165, 1.54) is 12.1 Å². The van der Waals surface area contributed by atoms with Gasteiger partial charge in [0.15, 0.2) is 17.3 Å². The molecule has 0 aliphatic heterocycles. The molecule has 0 radical (unpaired) electrons. The van der Waals surface area contributed by atoms with Crippen LogP contribution in [0.3, 0.4) is 0 Å². The molecule has 3 rings (SSSR count). The molecule has 7 heteroatoms. The van der Waals surface area contributed by atoms with Gasteiger partial charge in [-0.2, -0.15) is 5.10 Å². The van der Waals surface area contributed by atoms with Crippen molar-refractivity contribution >= 4 is 28.4 Å². The van der Waals surface area contributed by atoms with Crippen LogP contribution in [0.5, 0.6) is 0 Å². The van der Waals surface area contributed by atoms with Crippen LogP contribution in [0.2, 0.25) is 0 Å². The van der Waals surface area contributed by atoms with E-state index in [2.05, 4.69) is 20.5 Å². The zero-order valence-corrected chi connectivity index (χ0v) is 10.5. The number of anilines is 3. The normalized spacial score (nSPS) is 10.9. The molecule has 20 heavy (non-hydrogen) atoms. The van der Waals surface area contributed by atoms with Gasteiger partial charge >= 0.3 is 0 Å². The summed E-state index contributed by atoms with van der Waals surface area (Å²) >= 11 is 0. The smallest absolute Gasteiger partial charge is 0.185 e. The predicted molar refractivity (Wildman–Crippen MR) is 72.7 cm³/mol. The summed E-state index contributed by atoms with van der Waals surface area (Å²) in [7, 11) is 0. The number of aromatic amines is 1. The van der Waals surface area contributed by atoms with Crippen LogP contribution in [0.15, 0.2) is 24.3 Å². The van der Waals surface area contributed by atoms with Crippen LogP contribution in [-0.2, 0) is 0 Å². The maximum Gasteiger partial charge on any atom is 0.185 e. The van der Waals surface area contributed by atoms with E-state index in [4.69, 9.17) is 5.73 Å². The Kier molecular flexibility index (Phi) is 2.74. The van der Waals surface area contributed by atoms with Gasteiger partial charge in [-0.1, -0.05) is 6.07 Å². The van der Waals surface area contributed by atoms with Crippen molar-refractivity contribution in [2.75, 3.05) is 11.1 Å². The molecule has 2 aromatic heterocycles. The van der Waals surface area contributed by atoms with E-state index in [0.717, 1.165) is 0 Å². The van der Waals surface area contributed by atoms with Crippen LogP contribution in [0.1, 0.15) is 5.56 Å². The molecule has 0 aliphatic carbocycles. The Hall–Kier alpha value is -2.70. The fraction of sp³-hybridized carbons (Fsp3) is 0.0769. The number of aromatic nitrogens is 3. The van der Waals surface area contributed by atoms with Gasteiger partial charge in [0.1, 0.15) is 11.6 Å². The summed E-state index contributed by atoms with van der Waals surface area (Å²) in [5.74, 6) is -0.751. The third-order valence-corrected chi connectivity index (χ3v) is 2.96. The number of nitrogens with zero attached hydrogens (tertiary/aromatic N) is 2. The largest absolute Gasteiger partial charge is 0.384 e. The van der Waals surface area contributed by atoms with Crippen molar-refractivity contribution in [3.8, 4) is 0 Å². The molecule has 0 saturated carbocycles. The highest BCUT2D eigenvalue weighted by atomic mass is 19.1. The van der Waals surface area contributed by atoms with Crippen molar-refractivity contribution in [2.45, 2.75) is 6.92 Å². The number of rotatable bonds is 2. The lowest BCUT2D eigenvalue weighted by atomic mass is 10.2. The molecule has 0 fully saturated rings. The van der Waals surface area contributed by atoms with Crippen molar-refractivity contribution in [2.24, 2.45) is 0 Å². The van der Waals surface area contributed by atoms with Crippen molar-refractivity contribution in [1.29, 1.82) is 0 Å². The third-order valence-electron chi connectivity index (χ3n) is 2.96. The number of nitrogens with one attached hydrogen (secondary N) is 2. The van der Waals surface area contributed by atoms with Gasteiger partial charge in [-0.15, -0.1) is 0 Å². The van der Waals surface area contributed by atoms with Crippen LogP contribution in [0.4, 0.5) is 26.1 Å². The summed E-state index contributed by atoms with van der Waals surface area (Å²) < 4.78 is 27.4. The molecule has 4 N–H and O–H groups in total. The number of benzene rings is 1. The quantitative estimate of drug-likeness (QED) is 0.672. The van der Waals surface area contributed by atoms with Crippen LogP contribution in [-0.4, -0.2) is 15.2 Å². The fourth-order valence-electron chi connectivity index (χ4n) is 1.83. The summed E-state index contributed by atoms with van der Waals surface area (Å²) in [6, 6.07) is 5.75. The molecule has 0 amide bonds. The monoisotopic (exact) mass is 275 g/mol. The van der Waals surface area contributed by atoms with Crippen LogP contribution in [0.25, 0.3) is 11.0 Å². The lowest BCUT2D eigenvalue weighted by Gasteiger charge is -2.07. The van der Waals surface area contributed by atoms with Gasteiger partial charge < -0.3 is 11.1 Å². The molecule has 3 aromatic rings. The highest BCUT2D eigenvalue weighted by molar-refractivity contribution is 5.87. The molecule has 0 aliphatic rings. The fourth-order valence-corrected chi connectivity index (χ4v) is 1.83. The minimum Gasteiger partial charge on any atom is -0.384 e. The van der Waals surface area contributed by atoms with Gasteiger partial charge in [0, 0.05) is 5.69 Å². The van der Waals surface area contributed by atoms with E-state index in [1.807, 2.05) is 0 Å². The third kappa shape index (κ3) is 2.03. The molecule has 0 bridgehead atoms. The lowest BCUT2D eigenvalue weighted by Crippen LogP contribution is -1.98. The number of pyridine rings is 1. The van der Waals surface area contributed by atoms with Crippen molar-refractivity contribution in [1.82, 2.24) is 15.2 Å². The van der Waals surface area contributed by atoms with Gasteiger partial charge in [0.2, 0.25) is 0 Å². The number of hydrogen-bond donors (Lipinski definition) is 3. The van der Waals surface area contributed by atoms with E-state index < -0.39 is 5.82 Å². The Morgan fingerprint density at radius 1 is 1.20 bits per heavy atom. The molecule has 5 nitrogen and oxygen atoms in total. The summed E-state index contributed by atoms with van der Waals surface area (Å²) in [6.07, 6.45) is 0. The second-order valence-electron chi connectivity index (χ2n) is 4.42. The number of halogens is 2. The number of nitrogen functional groups attached to an aromatic ring is 1. The first-order valence-corrected chi connectivity index (χ1v) is 5.88. The highest BCUT2D eigenvalue weighted by Gasteiger charge is 2.11. The summed E-state index contributed by atoms with van der Waals surface area (Å²) in [5, 5.41) is 9.50. The first-order valence-electron chi connectivity index (χ1n) is 5.88. The molecule has 102 valence electrons. The number of aryl methyl sites for hydroxylation is 1. The van der Waals surface area contributed by atoms with Crippen molar-refractivity contribution in [3.05, 3.63) is 41.5 Å². The zero-order chi connectivity index (χ0) is 14.3. The van der Waals surface area contributed by atoms with E-state index in [-0.39, 0.29) is 17.5 Å². The molecular formula is C13H11F2N5. The number of fused-ring (bicyclic) bond motifs is 1. The topological polar surface area (TPSA) is 79.6 Å². The second-order valence-corrected chi connectivity index (χ2v) is 4.42. The maximum atomic E-state index is 13.9. The minimum absolute atomic E-state index is 0.0350. The van der Waals surface area contributed by atoms with Crippen molar-refractivity contribution in [3.63, 3.8) is 0 Å². The first-order chi connectivity index (χ1) is 9.54. The number of hydrogen-bond acceptors (Lipinski definition) is 4. The van der Waals surface area contributed by atoms with Crippen molar-refractivity contribution < 1.29 is 8.78 Å². The summed E-state index contributed by atoms with van der Waals surface area (Å²) in [5.41, 5.74) is 6.80. The van der Waals surface area contributed by atoms with Gasteiger partial charge in [0.05, 0.1) is 5.39 Å². The summed E-state index contributed by atoms with van der Waals surface area (Å²) in [6.45, 7) is 1.65. The first kappa shape index (κ1) is 12.3.